The monoisotopic (exact) mass is 329 g/mol. The van der Waals surface area contributed by atoms with Gasteiger partial charge in [-0.15, -0.1) is 0 Å². The fourth-order valence-electron chi connectivity index (χ4n) is 2.47. The first-order valence-electron chi connectivity index (χ1n) is 8.27. The van der Waals surface area contributed by atoms with Crippen LogP contribution in [0.4, 0.5) is 4.79 Å². The number of nitrogens with one attached hydrogen (secondary N) is 2. The van der Waals surface area contributed by atoms with E-state index in [1.165, 1.54) is 11.9 Å². The molecule has 0 saturated heterocycles. The van der Waals surface area contributed by atoms with Crippen LogP contribution in [0, 0.1) is 5.41 Å². The van der Waals surface area contributed by atoms with Crippen molar-refractivity contribution >= 4 is 6.03 Å². The highest BCUT2D eigenvalue weighted by Gasteiger charge is 2.26. The second-order valence-electron chi connectivity index (χ2n) is 7.06. The van der Waals surface area contributed by atoms with Crippen LogP contribution in [-0.2, 0) is 19.9 Å². The zero-order chi connectivity index (χ0) is 17.6. The molecule has 2 aromatic rings. The maximum Gasteiger partial charge on any atom is 0.315 e. The van der Waals surface area contributed by atoms with E-state index in [2.05, 4.69) is 53.6 Å². The summed E-state index contributed by atoms with van der Waals surface area (Å²) in [5, 5.41) is 10.0. The molecule has 0 aliphatic rings. The van der Waals surface area contributed by atoms with Crippen LogP contribution in [0.5, 0.6) is 0 Å². The van der Waals surface area contributed by atoms with E-state index in [0.717, 1.165) is 12.2 Å². The van der Waals surface area contributed by atoms with Crippen molar-refractivity contribution in [1.82, 2.24) is 25.4 Å². The maximum atomic E-state index is 12.2. The van der Waals surface area contributed by atoms with Crippen LogP contribution in [0.25, 0.3) is 0 Å². The van der Waals surface area contributed by atoms with Gasteiger partial charge < -0.3 is 10.6 Å². The molecule has 0 fully saturated rings. The second-order valence-corrected chi connectivity index (χ2v) is 7.06. The number of rotatable bonds is 6. The minimum Gasteiger partial charge on any atom is -0.338 e. The molecule has 0 saturated carbocycles. The van der Waals surface area contributed by atoms with E-state index in [0.29, 0.717) is 13.0 Å². The molecule has 2 rings (SSSR count). The van der Waals surface area contributed by atoms with Crippen molar-refractivity contribution in [3.8, 4) is 0 Å². The first kappa shape index (κ1) is 18.0. The lowest BCUT2D eigenvalue weighted by Gasteiger charge is -2.31. The molecule has 24 heavy (non-hydrogen) atoms. The molecule has 0 bridgehead atoms. The van der Waals surface area contributed by atoms with Gasteiger partial charge in [0.15, 0.2) is 0 Å². The number of benzene rings is 1. The van der Waals surface area contributed by atoms with Gasteiger partial charge >= 0.3 is 6.03 Å². The van der Waals surface area contributed by atoms with Gasteiger partial charge in [-0.05, 0) is 17.4 Å². The highest BCUT2D eigenvalue weighted by Crippen LogP contribution is 2.22. The smallest absolute Gasteiger partial charge is 0.315 e. The summed E-state index contributed by atoms with van der Waals surface area (Å²) >= 11 is 0. The molecule has 0 radical (unpaired) electrons. The molecular weight excluding hydrogens is 302 g/mol. The summed E-state index contributed by atoms with van der Waals surface area (Å²) in [6.07, 6.45) is 2.98. The minimum atomic E-state index is -0.145. The Morgan fingerprint density at radius 2 is 1.96 bits per heavy atom. The third-order valence-corrected chi connectivity index (χ3v) is 4.07. The first-order valence-corrected chi connectivity index (χ1v) is 8.27. The average Bonchev–Trinajstić information content (AvgIpc) is 2.92. The zero-order valence-corrected chi connectivity index (χ0v) is 14.9. The van der Waals surface area contributed by atoms with Crippen molar-refractivity contribution in [3.05, 3.63) is 48.0 Å². The van der Waals surface area contributed by atoms with Gasteiger partial charge in [0, 0.05) is 26.1 Å². The summed E-state index contributed by atoms with van der Waals surface area (Å²) in [4.78, 5) is 16.4. The minimum absolute atomic E-state index is 0.0310. The van der Waals surface area contributed by atoms with Crippen LogP contribution in [0.3, 0.4) is 0 Å². The Bertz CT molecular complexity index is 645. The van der Waals surface area contributed by atoms with Crippen LogP contribution in [0.15, 0.2) is 36.7 Å². The normalized spacial score (nSPS) is 12.7. The quantitative estimate of drug-likeness (QED) is 0.854. The topological polar surface area (TPSA) is 71.8 Å². The highest BCUT2D eigenvalue weighted by atomic mass is 16.2. The summed E-state index contributed by atoms with van der Waals surface area (Å²) in [6.45, 7) is 6.95. The Balaban J connectivity index is 1.87. The Hall–Kier alpha value is -2.37. The molecule has 2 amide bonds. The summed E-state index contributed by atoms with van der Waals surface area (Å²) in [5.41, 5.74) is 1.19. The van der Waals surface area contributed by atoms with Gasteiger partial charge in [0.1, 0.15) is 12.2 Å². The summed E-state index contributed by atoms with van der Waals surface area (Å²) in [6, 6.07) is 10.1. The number of nitrogens with zero attached hydrogens (tertiary/aromatic N) is 3. The third-order valence-electron chi connectivity index (χ3n) is 4.07. The summed E-state index contributed by atoms with van der Waals surface area (Å²) in [5.74, 6) is 0.854. The molecular formula is C18H27N5O. The van der Waals surface area contributed by atoms with Crippen molar-refractivity contribution in [2.75, 3.05) is 6.54 Å². The molecule has 2 N–H and O–H groups in total. The van der Waals surface area contributed by atoms with E-state index in [9.17, 15) is 4.79 Å². The Labute approximate surface area is 143 Å². The fourth-order valence-corrected chi connectivity index (χ4v) is 2.47. The molecule has 0 unspecified atom stereocenters. The SMILES string of the molecule is Cn1ncnc1CCNC(=O)N[C@@H](Cc1ccccc1)C(C)(C)C. The van der Waals surface area contributed by atoms with E-state index in [-0.39, 0.29) is 17.5 Å². The molecule has 1 heterocycles. The van der Waals surface area contributed by atoms with Gasteiger partial charge in [-0.2, -0.15) is 5.10 Å². The molecule has 0 aliphatic carbocycles. The first-order chi connectivity index (χ1) is 11.4. The highest BCUT2D eigenvalue weighted by molar-refractivity contribution is 5.74. The predicted octanol–water partition coefficient (Wildman–Crippen LogP) is 2.31. The predicted molar refractivity (Wildman–Crippen MR) is 94.6 cm³/mol. The van der Waals surface area contributed by atoms with E-state index < -0.39 is 0 Å². The molecule has 1 aromatic heterocycles. The molecule has 130 valence electrons. The summed E-state index contributed by atoms with van der Waals surface area (Å²) < 4.78 is 1.72. The molecule has 0 aliphatic heterocycles. The number of urea groups is 1. The van der Waals surface area contributed by atoms with Gasteiger partial charge in [0.25, 0.3) is 0 Å². The number of aromatic nitrogens is 3. The number of aryl methyl sites for hydroxylation is 1. The van der Waals surface area contributed by atoms with Crippen LogP contribution in [0.1, 0.15) is 32.2 Å². The van der Waals surface area contributed by atoms with E-state index in [4.69, 9.17) is 0 Å². The number of carbonyl (C=O) groups excluding carboxylic acids is 1. The lowest BCUT2D eigenvalue weighted by Crippen LogP contribution is -2.49. The van der Waals surface area contributed by atoms with Crippen molar-refractivity contribution in [2.24, 2.45) is 12.5 Å². The molecule has 0 spiro atoms. The van der Waals surface area contributed by atoms with Crippen molar-refractivity contribution < 1.29 is 4.79 Å². The van der Waals surface area contributed by atoms with Gasteiger partial charge in [0.2, 0.25) is 0 Å². The van der Waals surface area contributed by atoms with Crippen molar-refractivity contribution in [2.45, 2.75) is 39.7 Å². The van der Waals surface area contributed by atoms with Crippen LogP contribution < -0.4 is 10.6 Å². The lowest BCUT2D eigenvalue weighted by molar-refractivity contribution is 0.217. The van der Waals surface area contributed by atoms with Crippen LogP contribution in [-0.4, -0.2) is 33.4 Å². The van der Waals surface area contributed by atoms with E-state index >= 15 is 0 Å². The van der Waals surface area contributed by atoms with Crippen LogP contribution >= 0.6 is 0 Å². The summed E-state index contributed by atoms with van der Waals surface area (Å²) in [7, 11) is 1.85. The maximum absolute atomic E-state index is 12.2. The van der Waals surface area contributed by atoms with E-state index in [1.807, 2.05) is 25.2 Å². The largest absolute Gasteiger partial charge is 0.338 e. The average molecular weight is 329 g/mol. The van der Waals surface area contributed by atoms with Gasteiger partial charge in [-0.3, -0.25) is 4.68 Å². The molecule has 1 atom stereocenters. The zero-order valence-electron chi connectivity index (χ0n) is 14.9. The van der Waals surface area contributed by atoms with Gasteiger partial charge in [0.05, 0.1) is 0 Å². The standard InChI is InChI=1S/C18H27N5O/c1-18(2,3)15(12-14-8-6-5-7-9-14)22-17(24)19-11-10-16-20-13-21-23(16)4/h5-9,13,15H,10-12H2,1-4H3,(H2,19,22,24)/t15-/m0/s1. The molecule has 6 nitrogen and oxygen atoms in total. The molecule has 6 heteroatoms. The van der Waals surface area contributed by atoms with E-state index in [1.54, 1.807) is 4.68 Å². The Morgan fingerprint density at radius 1 is 1.25 bits per heavy atom. The third kappa shape index (κ3) is 5.37. The number of amides is 2. The number of carbonyl (C=O) groups is 1. The number of hydrogen-bond acceptors (Lipinski definition) is 3. The number of hydrogen-bond donors (Lipinski definition) is 2. The molecule has 1 aromatic carbocycles. The van der Waals surface area contributed by atoms with Crippen molar-refractivity contribution in [1.29, 1.82) is 0 Å². The van der Waals surface area contributed by atoms with Crippen LogP contribution in [0.2, 0.25) is 0 Å². The van der Waals surface area contributed by atoms with Gasteiger partial charge in [-0.25, -0.2) is 9.78 Å². The lowest BCUT2D eigenvalue weighted by atomic mass is 9.83. The second kappa shape index (κ2) is 7.95. The van der Waals surface area contributed by atoms with Gasteiger partial charge in [-0.1, -0.05) is 51.1 Å². The fraction of sp³-hybridized carbons (Fsp3) is 0.500. The van der Waals surface area contributed by atoms with Crippen molar-refractivity contribution in [3.63, 3.8) is 0 Å². The Morgan fingerprint density at radius 3 is 2.54 bits per heavy atom. The Kier molecular flexibility index (Phi) is 5.95.